The number of aryl methyl sites for hydroxylation is 3. The fraction of sp³-hybridized carbons (Fsp3) is 0.190. The third-order valence-electron chi connectivity index (χ3n) is 4.17. The number of hydrogen-bond acceptors (Lipinski definition) is 2. The van der Waals surface area contributed by atoms with Gasteiger partial charge < -0.3 is 5.32 Å². The van der Waals surface area contributed by atoms with Crippen molar-refractivity contribution < 1.29 is 4.79 Å². The van der Waals surface area contributed by atoms with Crippen LogP contribution in [0, 0.1) is 13.8 Å². The summed E-state index contributed by atoms with van der Waals surface area (Å²) in [6.45, 7) is 6.16. The molecule has 0 spiro atoms. The van der Waals surface area contributed by atoms with Gasteiger partial charge in [-0.25, -0.2) is 0 Å². The smallest absolute Gasteiger partial charge is 0.265 e. The Balaban J connectivity index is 1.93. The van der Waals surface area contributed by atoms with E-state index in [1.54, 1.807) is 11.3 Å². The van der Waals surface area contributed by atoms with Crippen molar-refractivity contribution >= 4 is 22.9 Å². The summed E-state index contributed by atoms with van der Waals surface area (Å²) in [5.41, 5.74) is 5.47. The van der Waals surface area contributed by atoms with Crippen LogP contribution in [0.4, 0.5) is 5.69 Å². The van der Waals surface area contributed by atoms with Gasteiger partial charge in [0.2, 0.25) is 0 Å². The van der Waals surface area contributed by atoms with E-state index < -0.39 is 0 Å². The lowest BCUT2D eigenvalue weighted by Gasteiger charge is -2.10. The molecule has 0 fully saturated rings. The Morgan fingerprint density at radius 1 is 1.00 bits per heavy atom. The second-order valence-electron chi connectivity index (χ2n) is 5.91. The first kappa shape index (κ1) is 16.5. The highest BCUT2D eigenvalue weighted by Crippen LogP contribution is 2.34. The maximum Gasteiger partial charge on any atom is 0.265 e. The van der Waals surface area contributed by atoms with Crippen LogP contribution in [0.5, 0.6) is 0 Å². The molecule has 1 heterocycles. The molecule has 0 saturated carbocycles. The molecule has 0 radical (unpaired) electrons. The number of amides is 1. The minimum absolute atomic E-state index is 0.0331. The lowest BCUT2D eigenvalue weighted by atomic mass is 10.1. The van der Waals surface area contributed by atoms with E-state index in [0.29, 0.717) is 0 Å². The maximum atomic E-state index is 12.7. The van der Waals surface area contributed by atoms with Crippen LogP contribution < -0.4 is 5.32 Å². The first-order valence-electron chi connectivity index (χ1n) is 8.16. The van der Waals surface area contributed by atoms with Crippen molar-refractivity contribution in [1.82, 2.24) is 0 Å². The fourth-order valence-electron chi connectivity index (χ4n) is 2.82. The molecule has 1 N–H and O–H groups in total. The molecule has 24 heavy (non-hydrogen) atoms. The quantitative estimate of drug-likeness (QED) is 0.637. The predicted octanol–water partition coefficient (Wildman–Crippen LogP) is 5.85. The number of rotatable bonds is 4. The van der Waals surface area contributed by atoms with E-state index in [1.807, 2.05) is 56.3 Å². The van der Waals surface area contributed by atoms with E-state index >= 15 is 0 Å². The minimum atomic E-state index is -0.0331. The summed E-state index contributed by atoms with van der Waals surface area (Å²) in [5.74, 6) is -0.0331. The van der Waals surface area contributed by atoms with E-state index in [2.05, 4.69) is 24.4 Å². The van der Waals surface area contributed by atoms with Gasteiger partial charge in [-0.05, 0) is 48.6 Å². The number of thiophene rings is 1. The molecule has 0 aliphatic heterocycles. The van der Waals surface area contributed by atoms with Gasteiger partial charge >= 0.3 is 0 Å². The summed E-state index contributed by atoms with van der Waals surface area (Å²) in [5, 5.41) is 3.08. The second kappa shape index (κ2) is 7.02. The van der Waals surface area contributed by atoms with Crippen molar-refractivity contribution in [2.24, 2.45) is 0 Å². The first-order chi connectivity index (χ1) is 11.6. The van der Waals surface area contributed by atoms with E-state index in [0.717, 1.165) is 28.1 Å². The normalized spacial score (nSPS) is 10.6. The molecule has 122 valence electrons. The maximum absolute atomic E-state index is 12.7. The monoisotopic (exact) mass is 335 g/mol. The molecular formula is C21H21NOS. The van der Waals surface area contributed by atoms with Crippen LogP contribution >= 0.6 is 11.3 Å². The summed E-state index contributed by atoms with van der Waals surface area (Å²) in [4.78, 5) is 14.7. The van der Waals surface area contributed by atoms with E-state index in [1.165, 1.54) is 16.0 Å². The van der Waals surface area contributed by atoms with Gasteiger partial charge in [0, 0.05) is 10.6 Å². The van der Waals surface area contributed by atoms with Crippen molar-refractivity contribution in [3.05, 3.63) is 76.2 Å². The van der Waals surface area contributed by atoms with Crippen LogP contribution in [0.25, 0.3) is 10.4 Å². The molecular weight excluding hydrogens is 314 g/mol. The third kappa shape index (κ3) is 3.26. The second-order valence-corrected chi connectivity index (χ2v) is 6.96. The number of hydrogen-bond donors (Lipinski definition) is 1. The van der Waals surface area contributed by atoms with Crippen LogP contribution in [-0.4, -0.2) is 5.91 Å². The number of carbonyl (C=O) groups is 1. The number of anilines is 1. The molecule has 0 aliphatic carbocycles. The number of nitrogens with one attached hydrogen (secondary N) is 1. The Hall–Kier alpha value is -2.39. The molecule has 1 aromatic heterocycles. The number of para-hydroxylation sites is 1. The van der Waals surface area contributed by atoms with Crippen LogP contribution in [0.3, 0.4) is 0 Å². The molecule has 1 amide bonds. The minimum Gasteiger partial charge on any atom is -0.321 e. The standard InChI is InChI=1S/C21H21NOS/c1-4-16-13-18(24-20(16)17-11-6-5-7-12-17)21(23)22-19-14(2)9-8-10-15(19)3/h5-13H,4H2,1-3H3,(H,22,23). The van der Waals surface area contributed by atoms with Crippen molar-refractivity contribution in [2.45, 2.75) is 27.2 Å². The number of carbonyl (C=O) groups excluding carboxylic acids is 1. The molecule has 3 rings (SSSR count). The molecule has 2 aromatic carbocycles. The van der Waals surface area contributed by atoms with Crippen molar-refractivity contribution in [1.29, 1.82) is 0 Å². The van der Waals surface area contributed by atoms with Gasteiger partial charge in [0.05, 0.1) is 4.88 Å². The Labute approximate surface area is 147 Å². The Morgan fingerprint density at radius 2 is 1.67 bits per heavy atom. The molecule has 0 unspecified atom stereocenters. The Morgan fingerprint density at radius 3 is 2.29 bits per heavy atom. The van der Waals surface area contributed by atoms with Gasteiger partial charge in [-0.2, -0.15) is 0 Å². The van der Waals surface area contributed by atoms with Gasteiger partial charge in [0.1, 0.15) is 0 Å². The van der Waals surface area contributed by atoms with E-state index in [4.69, 9.17) is 0 Å². The zero-order chi connectivity index (χ0) is 17.1. The van der Waals surface area contributed by atoms with E-state index in [-0.39, 0.29) is 5.91 Å². The lowest BCUT2D eigenvalue weighted by molar-refractivity contribution is 0.103. The van der Waals surface area contributed by atoms with Crippen molar-refractivity contribution in [3.63, 3.8) is 0 Å². The molecule has 3 heteroatoms. The Bertz CT molecular complexity index is 845. The first-order valence-corrected chi connectivity index (χ1v) is 8.97. The zero-order valence-electron chi connectivity index (χ0n) is 14.2. The van der Waals surface area contributed by atoms with Gasteiger partial charge in [0.15, 0.2) is 0 Å². The van der Waals surface area contributed by atoms with E-state index in [9.17, 15) is 4.79 Å². The van der Waals surface area contributed by atoms with Gasteiger partial charge in [0.25, 0.3) is 5.91 Å². The van der Waals surface area contributed by atoms with Crippen molar-refractivity contribution in [2.75, 3.05) is 5.32 Å². The Kier molecular flexibility index (Phi) is 4.81. The highest BCUT2D eigenvalue weighted by atomic mass is 32.1. The molecule has 2 nitrogen and oxygen atoms in total. The number of benzene rings is 2. The summed E-state index contributed by atoms with van der Waals surface area (Å²) in [6.07, 6.45) is 0.914. The fourth-order valence-corrected chi connectivity index (χ4v) is 3.98. The summed E-state index contributed by atoms with van der Waals surface area (Å²) >= 11 is 1.56. The van der Waals surface area contributed by atoms with Crippen molar-refractivity contribution in [3.8, 4) is 10.4 Å². The van der Waals surface area contributed by atoms with Gasteiger partial charge in [-0.3, -0.25) is 4.79 Å². The largest absolute Gasteiger partial charge is 0.321 e. The molecule has 0 saturated heterocycles. The summed E-state index contributed by atoms with van der Waals surface area (Å²) < 4.78 is 0. The van der Waals surface area contributed by atoms with Crippen LogP contribution in [-0.2, 0) is 6.42 Å². The zero-order valence-corrected chi connectivity index (χ0v) is 15.0. The molecule has 3 aromatic rings. The highest BCUT2D eigenvalue weighted by molar-refractivity contribution is 7.17. The summed E-state index contributed by atoms with van der Waals surface area (Å²) in [7, 11) is 0. The van der Waals surface area contributed by atoms with Gasteiger partial charge in [-0.1, -0.05) is 55.5 Å². The SMILES string of the molecule is CCc1cc(C(=O)Nc2c(C)cccc2C)sc1-c1ccccc1. The van der Waals surface area contributed by atoms with Gasteiger partial charge in [-0.15, -0.1) is 11.3 Å². The average molecular weight is 335 g/mol. The topological polar surface area (TPSA) is 29.1 Å². The van der Waals surface area contributed by atoms with Crippen LogP contribution in [0.1, 0.15) is 33.3 Å². The molecule has 0 atom stereocenters. The van der Waals surface area contributed by atoms with Crippen LogP contribution in [0.2, 0.25) is 0 Å². The van der Waals surface area contributed by atoms with Crippen LogP contribution in [0.15, 0.2) is 54.6 Å². The lowest BCUT2D eigenvalue weighted by Crippen LogP contribution is -2.12. The third-order valence-corrected chi connectivity index (χ3v) is 5.39. The predicted molar refractivity (Wildman–Crippen MR) is 103 cm³/mol. The molecule has 0 bridgehead atoms. The summed E-state index contributed by atoms with van der Waals surface area (Å²) in [6, 6.07) is 18.3. The molecule has 0 aliphatic rings. The highest BCUT2D eigenvalue weighted by Gasteiger charge is 2.16. The average Bonchev–Trinajstić information content (AvgIpc) is 3.03.